The third-order valence-electron chi connectivity index (χ3n) is 19.9. The number of phosphoric ester groups is 1. The Labute approximate surface area is 629 Å². The molecule has 4 aliphatic rings. The lowest BCUT2D eigenvalue weighted by Crippen LogP contribution is -2.64. The molecule has 8 N–H and O–H groups in total. The molecule has 604 valence electrons. The second kappa shape index (κ2) is 34.1. The van der Waals surface area contributed by atoms with Crippen LogP contribution in [0.4, 0.5) is 59.4 Å². The van der Waals surface area contributed by atoms with E-state index in [-0.39, 0.29) is 40.0 Å². The molecule has 2 bridgehead atoms. The van der Waals surface area contributed by atoms with Gasteiger partial charge in [0.05, 0.1) is 87.6 Å². The number of fused-ring (bicyclic) bond motifs is 2. The van der Waals surface area contributed by atoms with Gasteiger partial charge < -0.3 is 59.5 Å². The van der Waals surface area contributed by atoms with E-state index in [1.165, 1.54) is 63.5 Å². The first-order chi connectivity index (χ1) is 51.8. The number of hydrazine groups is 1. The maximum atomic E-state index is 16.9. The summed E-state index contributed by atoms with van der Waals surface area (Å²) >= 11 is 0. The summed E-state index contributed by atoms with van der Waals surface area (Å²) in [6.07, 6.45) is -13.3. The highest BCUT2D eigenvalue weighted by Gasteiger charge is 2.58. The fraction of sp³-hybridized carbons (Fsp3) is 0.521. The quantitative estimate of drug-likeness (QED) is 0.00570. The van der Waals surface area contributed by atoms with Crippen LogP contribution in [0.3, 0.4) is 0 Å². The zero-order valence-electron chi connectivity index (χ0n) is 61.4. The van der Waals surface area contributed by atoms with Crippen molar-refractivity contribution < 1.29 is 125 Å². The van der Waals surface area contributed by atoms with E-state index < -0.39 is 188 Å². The van der Waals surface area contributed by atoms with Crippen molar-refractivity contribution >= 4 is 55.6 Å². The van der Waals surface area contributed by atoms with E-state index in [0.29, 0.717) is 106 Å². The predicted octanol–water partition coefficient (Wildman–Crippen LogP) is 7.61. The SMILES string of the molecule is COC(=O)N[C@H](C(=O)N[C@@H](Cc1ccc(C#Cc2cnc(N3CC4CCC(C3)N4C3COC3)nc2)cc1)[C@H](CN(Cc1c(F)cc(-c2ccn(C(F)F)n2)cc1F)NC(=O)[C@@H](NC(=O)OC)C(C)(C)C(F)(F)F)OC(=O)CC(C)(C)c1c(CC(=O)N[C@]2(C(=O)O)CCOC2)cc(C)cc1OP(=O)(O)O)C(C)(C)C(F)(F)F. The summed E-state index contributed by atoms with van der Waals surface area (Å²) in [5.74, 6) is -4.94. The van der Waals surface area contributed by atoms with Gasteiger partial charge in [-0.25, -0.2) is 47.4 Å². The number of nitrogens with one attached hydrogen (secondary N) is 5. The number of esters is 1. The molecule has 0 aliphatic carbocycles. The van der Waals surface area contributed by atoms with Gasteiger partial charge in [0.1, 0.15) is 35.6 Å². The average Bonchev–Trinajstić information content (AvgIpc) is 1.69. The number of anilines is 1. The molecule has 6 heterocycles. The van der Waals surface area contributed by atoms with Crippen molar-refractivity contribution in [3.05, 3.63) is 124 Å². The van der Waals surface area contributed by atoms with Crippen LogP contribution < -0.4 is 36.1 Å². The minimum absolute atomic E-state index is 0.0776. The Balaban J connectivity index is 1.17. The molecule has 4 aliphatic heterocycles. The van der Waals surface area contributed by atoms with Crippen LogP contribution in [0.5, 0.6) is 5.75 Å². The van der Waals surface area contributed by atoms with Gasteiger partial charge in [0.2, 0.25) is 17.8 Å². The van der Waals surface area contributed by atoms with Gasteiger partial charge in [0, 0.05) is 91.0 Å². The van der Waals surface area contributed by atoms with Crippen LogP contribution in [0.15, 0.2) is 73.2 Å². The van der Waals surface area contributed by atoms with Gasteiger partial charge in [-0.3, -0.25) is 39.3 Å². The number of aryl methyl sites for hydroxylation is 1. The van der Waals surface area contributed by atoms with Crippen LogP contribution in [-0.4, -0.2) is 207 Å². The highest BCUT2D eigenvalue weighted by atomic mass is 31.2. The molecule has 4 fully saturated rings. The molecule has 40 heteroatoms. The number of benzene rings is 3. The number of carbonyl (C=O) groups excluding carboxylic acids is 6. The molecule has 3 aromatic carbocycles. The van der Waals surface area contributed by atoms with Crippen LogP contribution in [-0.2, 0) is 77.0 Å². The van der Waals surface area contributed by atoms with Gasteiger partial charge >= 0.3 is 50.8 Å². The van der Waals surface area contributed by atoms with Crippen LogP contribution in [0.2, 0.25) is 0 Å². The number of hydrogen-bond donors (Lipinski definition) is 8. The van der Waals surface area contributed by atoms with E-state index in [0.717, 1.165) is 45.4 Å². The molecule has 2 aromatic heterocycles. The number of carboxylic acids is 1. The summed E-state index contributed by atoms with van der Waals surface area (Å²) in [5, 5.41) is 22.6. The average molecular weight is 1600 g/mol. The lowest BCUT2D eigenvalue weighted by Gasteiger charge is -2.47. The van der Waals surface area contributed by atoms with Crippen molar-refractivity contribution in [2.45, 2.75) is 166 Å². The molecule has 0 spiro atoms. The first-order valence-electron chi connectivity index (χ1n) is 34.6. The smallest absolute Gasteiger partial charge is 0.479 e. The zero-order chi connectivity index (χ0) is 81.7. The molecule has 7 atom stereocenters. The second-order valence-corrected chi connectivity index (χ2v) is 30.3. The third kappa shape index (κ3) is 20.5. The molecule has 111 heavy (non-hydrogen) atoms. The van der Waals surface area contributed by atoms with Gasteiger partial charge in [-0.15, -0.1) is 0 Å². The fourth-order valence-electron chi connectivity index (χ4n) is 13.6. The standard InChI is InChI=1S/C71H83F10N12O17P/c1-38-22-43(27-54(94)87-69(61(98)99)19-21-107-37-69)56(52(23-38)110-111(102,103)104)66(2,3)28-55(95)109-53(34-91(89-60(97)58(86-65(101)106-9)68(6,7)71(79,80)81)33-47-48(72)25-42(26-49(47)73)50-18-20-92(88-50)62(74)75)51(84-59(96)57(85-64(100)105-8)67(4,5)70(76,77)78)24-40-13-10-39(11-14-40)12-15-41-29-82-63(83-30-41)90-31-44-16-17-45(32-90)93(44)46-35-108-36-46/h10-11,13-14,18,20,22-23,25-26,29-30,44-46,51,53,57-58,62H,16-17,19,21,24,27-28,31-37H2,1-9H3,(H,84,96)(H,85,100)(H,86,101)(H,87,94)(H,89,97)(H,98,99)(H2,102,103,104)/t44?,45?,51-,53-,57+,58+,69+/m0/s1. The first-order valence-corrected chi connectivity index (χ1v) is 36.1. The Kier molecular flexibility index (Phi) is 26.2. The van der Waals surface area contributed by atoms with Crippen LogP contribution >= 0.6 is 7.82 Å². The normalized spacial score (nSPS) is 18.9. The number of phosphoric acid groups is 1. The van der Waals surface area contributed by atoms with E-state index in [4.69, 9.17) is 18.7 Å². The van der Waals surface area contributed by atoms with E-state index in [9.17, 15) is 52.2 Å². The molecule has 4 saturated heterocycles. The van der Waals surface area contributed by atoms with Crippen molar-refractivity contribution in [2.75, 3.05) is 65.2 Å². The van der Waals surface area contributed by atoms with E-state index >= 15 is 44.7 Å². The number of amides is 5. The van der Waals surface area contributed by atoms with Crippen molar-refractivity contribution in [3.63, 3.8) is 0 Å². The number of alkyl halides is 8. The Morgan fingerprint density at radius 2 is 1.35 bits per heavy atom. The molecule has 0 saturated carbocycles. The summed E-state index contributed by atoms with van der Waals surface area (Å²) in [7, 11) is -4.14. The zero-order valence-corrected chi connectivity index (χ0v) is 62.3. The van der Waals surface area contributed by atoms with Crippen LogP contribution in [0, 0.1) is 41.2 Å². The topological polar surface area (TPSA) is 366 Å². The number of carboxylic acid groups (broad SMARTS) is 1. The molecule has 5 amide bonds. The van der Waals surface area contributed by atoms with E-state index in [1.54, 1.807) is 5.32 Å². The lowest BCUT2D eigenvalue weighted by atomic mass is 9.77. The van der Waals surface area contributed by atoms with Crippen LogP contribution in [0.25, 0.3) is 11.3 Å². The van der Waals surface area contributed by atoms with E-state index in [1.807, 2.05) is 5.32 Å². The summed E-state index contributed by atoms with van der Waals surface area (Å²) in [6.45, 7) is 2.11. The maximum absolute atomic E-state index is 16.9. The predicted molar refractivity (Wildman–Crippen MR) is 370 cm³/mol. The molecule has 9 rings (SSSR count). The number of aliphatic carboxylic acids is 1. The fourth-order valence-corrected chi connectivity index (χ4v) is 14.0. The lowest BCUT2D eigenvalue weighted by molar-refractivity contribution is -0.221. The summed E-state index contributed by atoms with van der Waals surface area (Å²) in [5.41, 5.74) is -9.97. The number of alkyl carbamates (subject to hydrolysis) is 2. The van der Waals surface area contributed by atoms with Crippen molar-refractivity contribution in [2.24, 2.45) is 10.8 Å². The number of ether oxygens (including phenoxy) is 5. The highest BCUT2D eigenvalue weighted by Crippen LogP contribution is 2.47. The number of aromatic nitrogens is 4. The molecular formula is C71H83F10N12O17P. The minimum atomic E-state index is -5.61. The largest absolute Gasteiger partial charge is 0.524 e. The number of methoxy groups -OCH3 is 2. The third-order valence-corrected chi connectivity index (χ3v) is 20.3. The summed E-state index contributed by atoms with van der Waals surface area (Å²) < 4.78 is 197. The molecule has 0 radical (unpaired) electrons. The summed E-state index contributed by atoms with van der Waals surface area (Å²) in [4.78, 5) is 132. The van der Waals surface area contributed by atoms with Gasteiger partial charge in [-0.1, -0.05) is 43.9 Å². The molecule has 5 aromatic rings. The Morgan fingerprint density at radius 3 is 1.86 bits per heavy atom. The monoisotopic (exact) mass is 1600 g/mol. The highest BCUT2D eigenvalue weighted by molar-refractivity contribution is 7.46. The van der Waals surface area contributed by atoms with E-state index in [2.05, 4.69) is 62.2 Å². The molecular weight excluding hydrogens is 1510 g/mol. The maximum Gasteiger partial charge on any atom is 0.524 e. The van der Waals surface area contributed by atoms with Gasteiger partial charge in [-0.2, -0.15) is 40.2 Å². The Hall–Kier alpha value is -9.71. The minimum Gasteiger partial charge on any atom is -0.479 e. The number of nitrogens with zero attached hydrogens (tertiary/aromatic N) is 7. The number of rotatable bonds is 29. The second-order valence-electron chi connectivity index (χ2n) is 29.2. The number of hydrogen-bond acceptors (Lipinski definition) is 20. The Morgan fingerprint density at radius 1 is 0.775 bits per heavy atom. The Bertz CT molecular complexity index is 4340. The van der Waals surface area contributed by atoms with Crippen LogP contribution in [0.1, 0.15) is 113 Å². The van der Waals surface area contributed by atoms with Crippen molar-refractivity contribution in [1.82, 2.24) is 56.4 Å². The van der Waals surface area contributed by atoms with Crippen molar-refractivity contribution in [1.29, 1.82) is 0 Å². The van der Waals surface area contributed by atoms with Gasteiger partial charge in [0.25, 0.3) is 5.91 Å². The first kappa shape index (κ1) is 85.3. The van der Waals surface area contributed by atoms with Crippen molar-refractivity contribution in [3.8, 4) is 28.8 Å². The number of piperazine rings is 1. The van der Waals surface area contributed by atoms with Gasteiger partial charge in [0.15, 0.2) is 5.54 Å². The number of halogens is 10. The summed E-state index contributed by atoms with van der Waals surface area (Å²) in [6, 6.07) is 3.58. The number of carbonyl (C=O) groups is 7. The molecule has 2 unspecified atom stereocenters. The molecule has 29 nitrogen and oxygen atoms in total. The van der Waals surface area contributed by atoms with Gasteiger partial charge in [-0.05, 0) is 107 Å².